The highest BCUT2D eigenvalue weighted by Gasteiger charge is 2.15. The Morgan fingerprint density at radius 3 is 2.82 bits per heavy atom. The van der Waals surface area contributed by atoms with Crippen LogP contribution in [-0.2, 0) is 12.8 Å². The van der Waals surface area contributed by atoms with E-state index in [4.69, 9.17) is 10.3 Å². The number of aryl methyl sites for hydroxylation is 1. The molecule has 0 amide bonds. The fraction of sp³-hybridized carbons (Fsp3) is 0.846. The highest BCUT2D eigenvalue weighted by molar-refractivity contribution is 4.89. The molecule has 1 aromatic rings. The SMILES string of the molecule is CC(N)Cc1noc(CCC2CCCCC2)n1. The van der Waals surface area contributed by atoms with Crippen molar-refractivity contribution in [3.05, 3.63) is 11.7 Å². The molecular weight excluding hydrogens is 214 g/mol. The van der Waals surface area contributed by atoms with Gasteiger partial charge in [-0.15, -0.1) is 0 Å². The van der Waals surface area contributed by atoms with Gasteiger partial charge in [-0.2, -0.15) is 4.98 Å². The van der Waals surface area contributed by atoms with Gasteiger partial charge >= 0.3 is 0 Å². The molecule has 1 saturated carbocycles. The van der Waals surface area contributed by atoms with Crippen molar-refractivity contribution in [3.63, 3.8) is 0 Å². The van der Waals surface area contributed by atoms with Gasteiger partial charge in [-0.3, -0.25) is 0 Å². The molecule has 0 spiro atoms. The highest BCUT2D eigenvalue weighted by atomic mass is 16.5. The van der Waals surface area contributed by atoms with Crippen LogP contribution in [0.4, 0.5) is 0 Å². The first kappa shape index (κ1) is 12.6. The van der Waals surface area contributed by atoms with Crippen LogP contribution in [0.1, 0.15) is 57.2 Å². The van der Waals surface area contributed by atoms with Crippen molar-refractivity contribution in [2.24, 2.45) is 11.7 Å². The van der Waals surface area contributed by atoms with Crippen LogP contribution in [0.2, 0.25) is 0 Å². The molecular formula is C13H23N3O. The first-order chi connectivity index (χ1) is 8.24. The van der Waals surface area contributed by atoms with E-state index in [1.54, 1.807) is 0 Å². The molecule has 0 aromatic carbocycles. The van der Waals surface area contributed by atoms with Crippen molar-refractivity contribution in [1.29, 1.82) is 0 Å². The summed E-state index contributed by atoms with van der Waals surface area (Å²) in [5.74, 6) is 2.40. The molecule has 4 nitrogen and oxygen atoms in total. The van der Waals surface area contributed by atoms with Gasteiger partial charge in [-0.05, 0) is 19.3 Å². The van der Waals surface area contributed by atoms with Gasteiger partial charge in [0, 0.05) is 18.9 Å². The van der Waals surface area contributed by atoms with Crippen molar-refractivity contribution < 1.29 is 4.52 Å². The highest BCUT2D eigenvalue weighted by Crippen LogP contribution is 2.27. The summed E-state index contributed by atoms with van der Waals surface area (Å²) in [5.41, 5.74) is 5.70. The Morgan fingerprint density at radius 2 is 2.12 bits per heavy atom. The van der Waals surface area contributed by atoms with E-state index in [1.165, 1.54) is 38.5 Å². The third kappa shape index (κ3) is 4.11. The molecule has 0 radical (unpaired) electrons. The average molecular weight is 237 g/mol. The van der Waals surface area contributed by atoms with Crippen LogP contribution in [0.3, 0.4) is 0 Å². The molecule has 0 bridgehead atoms. The summed E-state index contributed by atoms with van der Waals surface area (Å²) in [6, 6.07) is 0.0961. The quantitative estimate of drug-likeness (QED) is 0.854. The summed E-state index contributed by atoms with van der Waals surface area (Å²) in [7, 11) is 0. The van der Waals surface area contributed by atoms with Crippen LogP contribution >= 0.6 is 0 Å². The van der Waals surface area contributed by atoms with Gasteiger partial charge in [0.25, 0.3) is 0 Å². The summed E-state index contributed by atoms with van der Waals surface area (Å²) < 4.78 is 5.24. The van der Waals surface area contributed by atoms with Crippen LogP contribution in [0, 0.1) is 5.92 Å². The zero-order valence-corrected chi connectivity index (χ0v) is 10.7. The van der Waals surface area contributed by atoms with E-state index in [0.29, 0.717) is 6.42 Å². The minimum Gasteiger partial charge on any atom is -0.339 e. The number of aromatic nitrogens is 2. The van der Waals surface area contributed by atoms with Gasteiger partial charge in [0.15, 0.2) is 5.82 Å². The van der Waals surface area contributed by atoms with Crippen LogP contribution in [0.5, 0.6) is 0 Å². The second-order valence-electron chi connectivity index (χ2n) is 5.33. The summed E-state index contributed by atoms with van der Waals surface area (Å²) in [4.78, 5) is 4.38. The summed E-state index contributed by atoms with van der Waals surface area (Å²) in [6.45, 7) is 1.96. The molecule has 0 saturated heterocycles. The minimum atomic E-state index is 0.0961. The van der Waals surface area contributed by atoms with E-state index in [-0.39, 0.29) is 6.04 Å². The molecule has 1 heterocycles. The molecule has 96 valence electrons. The van der Waals surface area contributed by atoms with Crippen LogP contribution in [0.15, 0.2) is 4.52 Å². The van der Waals surface area contributed by atoms with Gasteiger partial charge in [-0.1, -0.05) is 37.3 Å². The van der Waals surface area contributed by atoms with Crippen molar-refractivity contribution in [2.75, 3.05) is 0 Å². The Balaban J connectivity index is 1.76. The van der Waals surface area contributed by atoms with Crippen LogP contribution in [-0.4, -0.2) is 16.2 Å². The molecule has 4 heteroatoms. The Bertz CT molecular complexity index is 329. The zero-order valence-electron chi connectivity index (χ0n) is 10.7. The first-order valence-electron chi connectivity index (χ1n) is 6.81. The standard InChI is InChI=1S/C13H23N3O/c1-10(14)9-12-15-13(17-16-12)8-7-11-5-3-2-4-6-11/h10-11H,2-9,14H2,1H3. The number of nitrogens with two attached hydrogens (primary N) is 1. The summed E-state index contributed by atoms with van der Waals surface area (Å²) >= 11 is 0. The molecule has 1 unspecified atom stereocenters. The third-order valence-electron chi connectivity index (χ3n) is 3.51. The summed E-state index contributed by atoms with van der Waals surface area (Å²) in [6.07, 6.45) is 9.77. The molecule has 1 aliphatic rings. The van der Waals surface area contributed by atoms with Crippen molar-refractivity contribution in [1.82, 2.24) is 10.1 Å². The lowest BCUT2D eigenvalue weighted by atomic mass is 9.86. The Morgan fingerprint density at radius 1 is 1.35 bits per heavy atom. The molecule has 1 fully saturated rings. The maximum atomic E-state index is 5.70. The van der Waals surface area contributed by atoms with Gasteiger partial charge in [0.05, 0.1) is 0 Å². The normalized spacial score (nSPS) is 19.4. The van der Waals surface area contributed by atoms with Gasteiger partial charge < -0.3 is 10.3 Å². The lowest BCUT2D eigenvalue weighted by molar-refractivity contribution is 0.313. The van der Waals surface area contributed by atoms with Crippen molar-refractivity contribution in [3.8, 4) is 0 Å². The van der Waals surface area contributed by atoms with Gasteiger partial charge in [0.2, 0.25) is 5.89 Å². The van der Waals surface area contributed by atoms with Gasteiger partial charge in [-0.25, -0.2) is 0 Å². The van der Waals surface area contributed by atoms with Crippen molar-refractivity contribution in [2.45, 2.75) is 64.3 Å². The van der Waals surface area contributed by atoms with E-state index < -0.39 is 0 Å². The molecule has 17 heavy (non-hydrogen) atoms. The monoisotopic (exact) mass is 237 g/mol. The number of rotatable bonds is 5. The molecule has 1 aliphatic carbocycles. The lowest BCUT2D eigenvalue weighted by Crippen LogP contribution is -2.18. The topological polar surface area (TPSA) is 64.9 Å². The maximum absolute atomic E-state index is 5.70. The second-order valence-corrected chi connectivity index (χ2v) is 5.33. The minimum absolute atomic E-state index is 0.0961. The number of hydrogen-bond acceptors (Lipinski definition) is 4. The van der Waals surface area contributed by atoms with E-state index >= 15 is 0 Å². The predicted molar refractivity (Wildman–Crippen MR) is 66.5 cm³/mol. The van der Waals surface area contributed by atoms with Crippen molar-refractivity contribution >= 4 is 0 Å². The number of nitrogens with zero attached hydrogens (tertiary/aromatic N) is 2. The van der Waals surface area contributed by atoms with E-state index in [9.17, 15) is 0 Å². The fourth-order valence-corrected chi connectivity index (χ4v) is 2.57. The first-order valence-corrected chi connectivity index (χ1v) is 6.81. The average Bonchev–Trinajstić information content (AvgIpc) is 2.75. The fourth-order valence-electron chi connectivity index (χ4n) is 2.57. The van der Waals surface area contributed by atoms with Crippen LogP contribution in [0.25, 0.3) is 0 Å². The largest absolute Gasteiger partial charge is 0.339 e. The second kappa shape index (κ2) is 6.15. The maximum Gasteiger partial charge on any atom is 0.226 e. The number of hydrogen-bond donors (Lipinski definition) is 1. The predicted octanol–water partition coefficient (Wildman–Crippen LogP) is 2.47. The molecule has 2 N–H and O–H groups in total. The van der Waals surface area contributed by atoms with E-state index in [0.717, 1.165) is 24.1 Å². The third-order valence-corrected chi connectivity index (χ3v) is 3.51. The van der Waals surface area contributed by atoms with E-state index in [1.807, 2.05) is 6.92 Å². The molecule has 1 aromatic heterocycles. The Kier molecular flexibility index (Phi) is 4.54. The summed E-state index contributed by atoms with van der Waals surface area (Å²) in [5, 5.41) is 3.95. The molecule has 2 rings (SSSR count). The zero-order chi connectivity index (χ0) is 12.1. The Hall–Kier alpha value is -0.900. The van der Waals surface area contributed by atoms with Crippen LogP contribution < -0.4 is 5.73 Å². The molecule has 0 aliphatic heterocycles. The molecule has 1 atom stereocenters. The smallest absolute Gasteiger partial charge is 0.226 e. The Labute approximate surface area is 103 Å². The van der Waals surface area contributed by atoms with Gasteiger partial charge in [0.1, 0.15) is 0 Å². The van der Waals surface area contributed by atoms with E-state index in [2.05, 4.69) is 10.1 Å². The lowest BCUT2D eigenvalue weighted by Gasteiger charge is -2.20.